The number of nitrogens with zero attached hydrogens (tertiary/aromatic N) is 1. The van der Waals surface area contributed by atoms with Gasteiger partial charge in [-0.1, -0.05) is 13.8 Å². The van der Waals surface area contributed by atoms with E-state index >= 15 is 0 Å². The smallest absolute Gasteiger partial charge is 0.0689 e. The van der Waals surface area contributed by atoms with Crippen LogP contribution in [0.15, 0.2) is 16.8 Å². The van der Waals surface area contributed by atoms with Crippen LogP contribution in [-0.2, 0) is 0 Å². The van der Waals surface area contributed by atoms with Crippen LogP contribution in [0.25, 0.3) is 0 Å². The number of β-amino-alcohol motifs (C(OH)–C–C–N with tert-alkyl or cyclic N) is 1. The van der Waals surface area contributed by atoms with Crippen LogP contribution in [-0.4, -0.2) is 35.7 Å². The summed E-state index contributed by atoms with van der Waals surface area (Å²) in [7, 11) is 0. The molecule has 0 bridgehead atoms. The summed E-state index contributed by atoms with van der Waals surface area (Å²) in [6, 6.07) is 2.26. The molecule has 17 heavy (non-hydrogen) atoms. The maximum atomic E-state index is 9.89. The van der Waals surface area contributed by atoms with Gasteiger partial charge in [-0.25, -0.2) is 0 Å². The molecule has 1 fully saturated rings. The van der Waals surface area contributed by atoms with Gasteiger partial charge in [0.25, 0.3) is 0 Å². The second-order valence-corrected chi connectivity index (χ2v) is 6.22. The molecule has 1 unspecified atom stereocenters. The molecule has 0 spiro atoms. The molecule has 1 aromatic rings. The van der Waals surface area contributed by atoms with Crippen LogP contribution >= 0.6 is 11.3 Å². The third kappa shape index (κ3) is 3.54. The standard InChI is InChI=1S/C14H23NOS/c1-11(2)14(16)9-15-6-3-12(4-7-15)13-5-8-17-10-13/h5,8,10-12,14,16H,3-4,6-7,9H2,1-2H3. The molecule has 1 aliphatic heterocycles. The molecule has 0 radical (unpaired) electrons. The molecule has 2 nitrogen and oxygen atoms in total. The molecule has 0 aliphatic carbocycles. The largest absolute Gasteiger partial charge is 0.392 e. The highest BCUT2D eigenvalue weighted by Crippen LogP contribution is 2.29. The quantitative estimate of drug-likeness (QED) is 0.892. The van der Waals surface area contributed by atoms with Gasteiger partial charge >= 0.3 is 0 Å². The van der Waals surface area contributed by atoms with Gasteiger partial charge in [0.2, 0.25) is 0 Å². The highest BCUT2D eigenvalue weighted by Gasteiger charge is 2.22. The summed E-state index contributed by atoms with van der Waals surface area (Å²) >= 11 is 1.79. The predicted molar refractivity (Wildman–Crippen MR) is 73.6 cm³/mol. The lowest BCUT2D eigenvalue weighted by Crippen LogP contribution is -2.39. The van der Waals surface area contributed by atoms with E-state index in [-0.39, 0.29) is 6.10 Å². The minimum absolute atomic E-state index is 0.173. The van der Waals surface area contributed by atoms with Gasteiger partial charge in [-0.05, 0) is 60.2 Å². The molecule has 3 heteroatoms. The first-order valence-corrected chi connectivity index (χ1v) is 7.53. The fraction of sp³-hybridized carbons (Fsp3) is 0.714. The molecule has 2 rings (SSSR count). The van der Waals surface area contributed by atoms with Crippen LogP contribution in [0.1, 0.15) is 38.2 Å². The number of hydrogen-bond acceptors (Lipinski definition) is 3. The Balaban J connectivity index is 1.78. The zero-order valence-corrected chi connectivity index (χ0v) is 11.6. The number of thiophene rings is 1. The van der Waals surface area contributed by atoms with E-state index in [2.05, 4.69) is 35.6 Å². The van der Waals surface area contributed by atoms with E-state index in [4.69, 9.17) is 0 Å². The summed E-state index contributed by atoms with van der Waals surface area (Å²) < 4.78 is 0. The first-order valence-electron chi connectivity index (χ1n) is 6.59. The average molecular weight is 253 g/mol. The normalized spacial score (nSPS) is 20.9. The van der Waals surface area contributed by atoms with Gasteiger partial charge in [-0.3, -0.25) is 0 Å². The van der Waals surface area contributed by atoms with Crippen molar-refractivity contribution in [1.29, 1.82) is 0 Å². The fourth-order valence-corrected chi connectivity index (χ4v) is 3.17. The summed E-state index contributed by atoms with van der Waals surface area (Å²) in [6.07, 6.45) is 2.30. The third-order valence-electron chi connectivity index (χ3n) is 3.82. The molecule has 0 amide bonds. The lowest BCUT2D eigenvalue weighted by atomic mass is 9.91. The third-order valence-corrected chi connectivity index (χ3v) is 4.52. The van der Waals surface area contributed by atoms with Crippen molar-refractivity contribution in [3.05, 3.63) is 22.4 Å². The first kappa shape index (κ1) is 13.1. The summed E-state index contributed by atoms with van der Waals surface area (Å²) in [5.74, 6) is 1.11. The highest BCUT2D eigenvalue weighted by molar-refractivity contribution is 7.07. The van der Waals surface area contributed by atoms with E-state index < -0.39 is 0 Å². The molecular weight excluding hydrogens is 230 g/mol. The Bertz CT molecular complexity index is 315. The Morgan fingerprint density at radius 3 is 2.65 bits per heavy atom. The molecule has 1 saturated heterocycles. The van der Waals surface area contributed by atoms with E-state index in [1.54, 1.807) is 11.3 Å². The molecular formula is C14H23NOS. The molecule has 1 aliphatic rings. The van der Waals surface area contributed by atoms with Gasteiger partial charge in [0.15, 0.2) is 0 Å². The molecule has 1 N–H and O–H groups in total. The second kappa shape index (κ2) is 5.98. The van der Waals surface area contributed by atoms with E-state index in [0.29, 0.717) is 5.92 Å². The van der Waals surface area contributed by atoms with Crippen molar-refractivity contribution in [2.75, 3.05) is 19.6 Å². The zero-order chi connectivity index (χ0) is 12.3. The van der Waals surface area contributed by atoms with Gasteiger partial charge in [0, 0.05) is 6.54 Å². The second-order valence-electron chi connectivity index (χ2n) is 5.44. The Hall–Kier alpha value is -0.380. The Labute approximate surface area is 108 Å². The average Bonchev–Trinajstić information content (AvgIpc) is 2.83. The van der Waals surface area contributed by atoms with Gasteiger partial charge in [-0.15, -0.1) is 0 Å². The maximum absolute atomic E-state index is 9.89. The van der Waals surface area contributed by atoms with E-state index in [0.717, 1.165) is 25.6 Å². The van der Waals surface area contributed by atoms with Crippen molar-refractivity contribution < 1.29 is 5.11 Å². The number of piperidine rings is 1. The number of likely N-dealkylation sites (tertiary alicyclic amines) is 1. The molecule has 96 valence electrons. The molecule has 1 aromatic heterocycles. The van der Waals surface area contributed by atoms with Crippen molar-refractivity contribution in [3.63, 3.8) is 0 Å². The number of aliphatic hydroxyl groups is 1. The summed E-state index contributed by atoms with van der Waals surface area (Å²) in [5.41, 5.74) is 1.51. The SMILES string of the molecule is CC(C)C(O)CN1CCC(c2ccsc2)CC1. The Kier molecular flexibility index (Phi) is 4.60. The van der Waals surface area contributed by atoms with Crippen molar-refractivity contribution in [1.82, 2.24) is 4.90 Å². The highest BCUT2D eigenvalue weighted by atomic mass is 32.1. The Morgan fingerprint density at radius 1 is 1.41 bits per heavy atom. The maximum Gasteiger partial charge on any atom is 0.0689 e. The zero-order valence-electron chi connectivity index (χ0n) is 10.8. The molecule has 0 saturated carbocycles. The summed E-state index contributed by atoms with van der Waals surface area (Å²) in [5, 5.41) is 14.3. The van der Waals surface area contributed by atoms with Crippen molar-refractivity contribution >= 4 is 11.3 Å². The van der Waals surface area contributed by atoms with Crippen LogP contribution in [0.5, 0.6) is 0 Å². The van der Waals surface area contributed by atoms with E-state index in [9.17, 15) is 5.11 Å². The van der Waals surface area contributed by atoms with Crippen molar-refractivity contribution in [3.8, 4) is 0 Å². The van der Waals surface area contributed by atoms with Gasteiger partial charge < -0.3 is 10.0 Å². The van der Waals surface area contributed by atoms with Crippen LogP contribution in [0.4, 0.5) is 0 Å². The van der Waals surface area contributed by atoms with Gasteiger partial charge in [0.05, 0.1) is 6.10 Å². The van der Waals surface area contributed by atoms with Crippen molar-refractivity contribution in [2.24, 2.45) is 5.92 Å². The monoisotopic (exact) mass is 253 g/mol. The van der Waals surface area contributed by atoms with E-state index in [1.165, 1.54) is 18.4 Å². The van der Waals surface area contributed by atoms with Crippen molar-refractivity contribution in [2.45, 2.75) is 38.7 Å². The van der Waals surface area contributed by atoms with Crippen LogP contribution in [0.3, 0.4) is 0 Å². The minimum atomic E-state index is -0.173. The van der Waals surface area contributed by atoms with Crippen LogP contribution in [0, 0.1) is 5.92 Å². The van der Waals surface area contributed by atoms with E-state index in [1.807, 2.05) is 0 Å². The first-order chi connectivity index (χ1) is 8.16. The topological polar surface area (TPSA) is 23.5 Å². The number of hydrogen-bond donors (Lipinski definition) is 1. The number of rotatable bonds is 4. The molecule has 1 atom stereocenters. The lowest BCUT2D eigenvalue weighted by molar-refractivity contribution is 0.0657. The van der Waals surface area contributed by atoms with Gasteiger partial charge in [0.1, 0.15) is 0 Å². The van der Waals surface area contributed by atoms with Crippen LogP contribution in [0.2, 0.25) is 0 Å². The summed E-state index contributed by atoms with van der Waals surface area (Å²) in [6.45, 7) is 7.27. The fourth-order valence-electron chi connectivity index (χ4n) is 2.43. The number of aliphatic hydroxyl groups excluding tert-OH is 1. The minimum Gasteiger partial charge on any atom is -0.392 e. The van der Waals surface area contributed by atoms with Gasteiger partial charge in [-0.2, -0.15) is 11.3 Å². The molecule has 2 heterocycles. The lowest BCUT2D eigenvalue weighted by Gasteiger charge is -2.33. The predicted octanol–water partition coefficient (Wildman–Crippen LogP) is 2.94. The molecule has 0 aromatic carbocycles. The summed E-state index contributed by atoms with van der Waals surface area (Å²) in [4.78, 5) is 2.41. The van der Waals surface area contributed by atoms with Crippen LogP contribution < -0.4 is 0 Å². The Morgan fingerprint density at radius 2 is 2.12 bits per heavy atom.